The van der Waals surface area contributed by atoms with Crippen LogP contribution >= 0.6 is 11.8 Å². The molecule has 6 nitrogen and oxygen atoms in total. The summed E-state index contributed by atoms with van der Waals surface area (Å²) in [7, 11) is 1.58. The molecule has 4 rings (SSSR count). The summed E-state index contributed by atoms with van der Waals surface area (Å²) in [5.41, 5.74) is 1.65. The predicted molar refractivity (Wildman–Crippen MR) is 128 cm³/mol. The van der Waals surface area contributed by atoms with Crippen molar-refractivity contribution >= 4 is 40.1 Å². The molecule has 1 unspecified atom stereocenters. The molecule has 0 radical (unpaired) electrons. The van der Waals surface area contributed by atoms with E-state index in [0.717, 1.165) is 5.56 Å². The topological polar surface area (TPSA) is 71.0 Å². The maximum absolute atomic E-state index is 14.0. The molecule has 3 aromatic rings. The minimum atomic E-state index is -0.735. The smallest absolute Gasteiger partial charge is 0.238 e. The Morgan fingerprint density at radius 2 is 1.79 bits per heavy atom. The fourth-order valence-electron chi connectivity index (χ4n) is 3.31. The number of anilines is 1. The first-order valence-electron chi connectivity index (χ1n) is 10.3. The second-order valence-electron chi connectivity index (χ2n) is 7.34. The molecular formula is C25H22FN3O3S. The Morgan fingerprint density at radius 1 is 1.09 bits per heavy atom. The normalized spacial score (nSPS) is 17.2. The third kappa shape index (κ3) is 5.59. The van der Waals surface area contributed by atoms with E-state index >= 15 is 0 Å². The highest BCUT2D eigenvalue weighted by atomic mass is 32.2. The Balaban J connectivity index is 1.60. The molecule has 168 valence electrons. The maximum atomic E-state index is 14.0. The van der Waals surface area contributed by atoms with Gasteiger partial charge in [-0.3, -0.25) is 14.5 Å². The number of amides is 2. The van der Waals surface area contributed by atoms with Crippen LogP contribution in [0.25, 0.3) is 0 Å². The average molecular weight is 464 g/mol. The lowest BCUT2D eigenvalue weighted by Crippen LogP contribution is -2.44. The molecule has 8 heteroatoms. The highest BCUT2D eigenvalue weighted by Gasteiger charge is 2.36. The number of benzene rings is 3. The van der Waals surface area contributed by atoms with Crippen LogP contribution in [0.4, 0.5) is 15.8 Å². The van der Waals surface area contributed by atoms with Crippen LogP contribution in [-0.4, -0.2) is 34.2 Å². The quantitative estimate of drug-likeness (QED) is 0.559. The van der Waals surface area contributed by atoms with Crippen LogP contribution in [0.5, 0.6) is 5.75 Å². The Bertz CT molecular complexity index is 1170. The fraction of sp³-hybridized carbons (Fsp3) is 0.160. The Morgan fingerprint density at radius 3 is 2.48 bits per heavy atom. The van der Waals surface area contributed by atoms with E-state index in [0.29, 0.717) is 23.1 Å². The highest BCUT2D eigenvalue weighted by Crippen LogP contribution is 2.31. The number of carbonyl (C=O) groups is 2. The number of methoxy groups -OCH3 is 1. The summed E-state index contributed by atoms with van der Waals surface area (Å²) in [6, 6.07) is 22.6. The average Bonchev–Trinajstić information content (AvgIpc) is 2.83. The van der Waals surface area contributed by atoms with E-state index in [1.165, 1.54) is 23.9 Å². The van der Waals surface area contributed by atoms with Crippen LogP contribution in [0, 0.1) is 5.82 Å². The third-order valence-electron chi connectivity index (χ3n) is 5.04. The van der Waals surface area contributed by atoms with Gasteiger partial charge in [-0.05, 0) is 42.0 Å². The Hall–Kier alpha value is -3.65. The summed E-state index contributed by atoms with van der Waals surface area (Å²) in [6.07, 6.45) is -0.0145. The molecule has 0 spiro atoms. The predicted octanol–water partition coefficient (Wildman–Crippen LogP) is 4.99. The van der Waals surface area contributed by atoms with Gasteiger partial charge < -0.3 is 10.1 Å². The van der Waals surface area contributed by atoms with Gasteiger partial charge in [-0.2, -0.15) is 0 Å². The van der Waals surface area contributed by atoms with E-state index in [-0.39, 0.29) is 18.0 Å². The minimum absolute atomic E-state index is 0.0145. The number of hydrogen-bond donors (Lipinski definition) is 1. The van der Waals surface area contributed by atoms with Gasteiger partial charge in [-0.25, -0.2) is 9.38 Å². The van der Waals surface area contributed by atoms with Gasteiger partial charge in [-0.1, -0.05) is 54.2 Å². The summed E-state index contributed by atoms with van der Waals surface area (Å²) in [5.74, 6) is -0.510. The van der Waals surface area contributed by atoms with Crippen molar-refractivity contribution in [3.8, 4) is 5.75 Å². The van der Waals surface area contributed by atoms with E-state index in [2.05, 4.69) is 10.3 Å². The molecule has 33 heavy (non-hydrogen) atoms. The molecule has 1 atom stereocenters. The van der Waals surface area contributed by atoms with E-state index in [1.807, 2.05) is 30.3 Å². The number of halogens is 1. The molecular weight excluding hydrogens is 441 g/mol. The first kappa shape index (κ1) is 22.5. The molecule has 1 N–H and O–H groups in total. The van der Waals surface area contributed by atoms with Gasteiger partial charge in [0.05, 0.1) is 25.0 Å². The Kier molecular flexibility index (Phi) is 7.04. The van der Waals surface area contributed by atoms with Crippen molar-refractivity contribution in [1.82, 2.24) is 4.90 Å². The Labute approximate surface area is 195 Å². The minimum Gasteiger partial charge on any atom is -0.497 e. The number of para-hydroxylation sites is 1. The zero-order valence-electron chi connectivity index (χ0n) is 17.9. The number of rotatable bonds is 6. The summed E-state index contributed by atoms with van der Waals surface area (Å²) >= 11 is 1.19. The van der Waals surface area contributed by atoms with E-state index < -0.39 is 17.0 Å². The van der Waals surface area contributed by atoms with Crippen molar-refractivity contribution in [2.24, 2.45) is 4.99 Å². The van der Waals surface area contributed by atoms with Crippen LogP contribution in [0.15, 0.2) is 83.9 Å². The van der Waals surface area contributed by atoms with Crippen LogP contribution < -0.4 is 10.1 Å². The lowest BCUT2D eigenvalue weighted by molar-refractivity contribution is -0.129. The SMILES string of the molecule is COc1ccc(N=C2SC(C(=O)Nc3ccccc3F)CC(=O)N2Cc2ccccc2)cc1. The molecule has 1 fully saturated rings. The first-order chi connectivity index (χ1) is 16.0. The van der Waals surface area contributed by atoms with Crippen LogP contribution in [-0.2, 0) is 16.1 Å². The van der Waals surface area contributed by atoms with Crippen molar-refractivity contribution in [3.05, 3.63) is 90.2 Å². The van der Waals surface area contributed by atoms with E-state index in [4.69, 9.17) is 4.74 Å². The molecule has 0 aromatic heterocycles. The molecule has 2 amide bonds. The molecule has 1 aliphatic heterocycles. The van der Waals surface area contributed by atoms with Crippen molar-refractivity contribution in [3.63, 3.8) is 0 Å². The maximum Gasteiger partial charge on any atom is 0.238 e. The third-order valence-corrected chi connectivity index (χ3v) is 6.23. The van der Waals surface area contributed by atoms with Crippen molar-refractivity contribution in [2.75, 3.05) is 12.4 Å². The lowest BCUT2D eigenvalue weighted by atomic mass is 10.2. The number of nitrogens with one attached hydrogen (secondary N) is 1. The summed E-state index contributed by atoms with van der Waals surface area (Å²) in [6.45, 7) is 0.337. The number of aliphatic imine (C=N–C) groups is 1. The number of carbonyl (C=O) groups excluding carboxylic acids is 2. The highest BCUT2D eigenvalue weighted by molar-refractivity contribution is 8.15. The van der Waals surface area contributed by atoms with Crippen LogP contribution in [0.2, 0.25) is 0 Å². The number of ether oxygens (including phenoxy) is 1. The molecule has 0 aliphatic carbocycles. The van der Waals surface area contributed by atoms with E-state index in [9.17, 15) is 14.0 Å². The molecule has 1 aliphatic rings. The summed E-state index contributed by atoms with van der Waals surface area (Å²) in [4.78, 5) is 32.2. The number of hydrogen-bond acceptors (Lipinski definition) is 5. The van der Waals surface area contributed by atoms with E-state index in [1.54, 1.807) is 48.4 Å². The monoisotopic (exact) mass is 463 g/mol. The van der Waals surface area contributed by atoms with Gasteiger partial charge >= 0.3 is 0 Å². The molecule has 1 saturated heterocycles. The number of thioether (sulfide) groups is 1. The van der Waals surface area contributed by atoms with Crippen LogP contribution in [0.3, 0.4) is 0 Å². The molecule has 3 aromatic carbocycles. The zero-order valence-corrected chi connectivity index (χ0v) is 18.7. The second kappa shape index (κ2) is 10.3. The summed E-state index contributed by atoms with van der Waals surface area (Å²) in [5, 5.41) is 2.26. The van der Waals surface area contributed by atoms with Crippen LogP contribution in [0.1, 0.15) is 12.0 Å². The first-order valence-corrected chi connectivity index (χ1v) is 11.2. The van der Waals surface area contributed by atoms with Crippen molar-refractivity contribution in [2.45, 2.75) is 18.2 Å². The zero-order chi connectivity index (χ0) is 23.2. The van der Waals surface area contributed by atoms with Crippen molar-refractivity contribution < 1.29 is 18.7 Å². The summed E-state index contributed by atoms with van der Waals surface area (Å²) < 4.78 is 19.2. The van der Waals surface area contributed by atoms with Gasteiger partial charge in [0, 0.05) is 6.42 Å². The van der Waals surface area contributed by atoms with Gasteiger partial charge in [-0.15, -0.1) is 0 Å². The number of amidine groups is 1. The second-order valence-corrected chi connectivity index (χ2v) is 8.51. The standard InChI is InChI=1S/C25H22FN3O3S/c1-32-19-13-11-18(12-14-19)27-25-29(16-17-7-3-2-4-8-17)23(30)15-22(33-25)24(31)28-21-10-6-5-9-20(21)26/h2-14,22H,15-16H2,1H3,(H,28,31). The largest absolute Gasteiger partial charge is 0.497 e. The lowest BCUT2D eigenvalue weighted by Gasteiger charge is -2.32. The molecule has 0 saturated carbocycles. The van der Waals surface area contributed by atoms with Gasteiger partial charge in [0.25, 0.3) is 0 Å². The van der Waals surface area contributed by atoms with Crippen molar-refractivity contribution in [1.29, 1.82) is 0 Å². The van der Waals surface area contributed by atoms with Gasteiger partial charge in [0.15, 0.2) is 5.17 Å². The fourth-order valence-corrected chi connectivity index (χ4v) is 4.40. The molecule has 1 heterocycles. The number of nitrogens with zero attached hydrogens (tertiary/aromatic N) is 2. The molecule has 0 bridgehead atoms. The van der Waals surface area contributed by atoms with Gasteiger partial charge in [0.2, 0.25) is 11.8 Å². The van der Waals surface area contributed by atoms with Gasteiger partial charge in [0.1, 0.15) is 16.8 Å².